The van der Waals surface area contributed by atoms with Gasteiger partial charge in [-0.1, -0.05) is 45.7 Å². The molecule has 3 heteroatoms. The Labute approximate surface area is 122 Å². The number of nitrogens with one attached hydrogen (secondary N) is 1. The van der Waals surface area contributed by atoms with Crippen LogP contribution in [0.2, 0.25) is 0 Å². The van der Waals surface area contributed by atoms with Gasteiger partial charge in [-0.15, -0.1) is 0 Å². The summed E-state index contributed by atoms with van der Waals surface area (Å²) in [6, 6.07) is 4.85. The molecule has 0 saturated carbocycles. The maximum absolute atomic E-state index is 13.3. The normalized spacial score (nSPS) is 14.6. The number of aryl methyl sites for hydroxylation is 1. The quantitative estimate of drug-likeness (QED) is 0.707. The van der Waals surface area contributed by atoms with Crippen LogP contribution < -0.4 is 5.32 Å². The Morgan fingerprint density at radius 2 is 1.95 bits per heavy atom. The summed E-state index contributed by atoms with van der Waals surface area (Å²) in [7, 11) is 0. The molecule has 0 aliphatic heterocycles. The molecule has 0 radical (unpaired) electrons. The lowest BCUT2D eigenvalue weighted by atomic mass is 9.92. The number of benzene rings is 1. The van der Waals surface area contributed by atoms with Crippen molar-refractivity contribution in [2.24, 2.45) is 5.92 Å². The van der Waals surface area contributed by atoms with Crippen molar-refractivity contribution in [2.75, 3.05) is 6.54 Å². The zero-order chi connectivity index (χ0) is 15.1. The van der Waals surface area contributed by atoms with Gasteiger partial charge < -0.3 is 10.4 Å². The summed E-state index contributed by atoms with van der Waals surface area (Å²) in [4.78, 5) is 0. The first-order valence-electron chi connectivity index (χ1n) is 7.64. The maximum Gasteiger partial charge on any atom is 0.126 e. The average Bonchev–Trinajstić information content (AvgIpc) is 2.41. The van der Waals surface area contributed by atoms with Gasteiger partial charge in [0.25, 0.3) is 0 Å². The van der Waals surface area contributed by atoms with Gasteiger partial charge in [0, 0.05) is 6.04 Å². The molecule has 1 aromatic carbocycles. The number of rotatable bonds is 8. The Morgan fingerprint density at radius 3 is 2.50 bits per heavy atom. The lowest BCUT2D eigenvalue weighted by Gasteiger charge is -2.28. The van der Waals surface area contributed by atoms with E-state index in [-0.39, 0.29) is 11.9 Å². The van der Waals surface area contributed by atoms with E-state index in [0.29, 0.717) is 11.5 Å². The van der Waals surface area contributed by atoms with Crippen molar-refractivity contribution in [3.05, 3.63) is 35.1 Å². The van der Waals surface area contributed by atoms with Crippen LogP contribution in [0.15, 0.2) is 18.2 Å². The van der Waals surface area contributed by atoms with E-state index in [4.69, 9.17) is 0 Å². The Kier molecular flexibility index (Phi) is 7.17. The van der Waals surface area contributed by atoms with Gasteiger partial charge in [-0.3, -0.25) is 0 Å². The van der Waals surface area contributed by atoms with E-state index in [1.807, 2.05) is 0 Å². The second-order valence-electron chi connectivity index (χ2n) is 5.88. The van der Waals surface area contributed by atoms with Crippen LogP contribution >= 0.6 is 0 Å². The highest BCUT2D eigenvalue weighted by atomic mass is 19.1. The highest BCUT2D eigenvalue weighted by molar-refractivity contribution is 5.26. The fourth-order valence-electron chi connectivity index (χ4n) is 2.41. The second-order valence-corrected chi connectivity index (χ2v) is 5.88. The minimum Gasteiger partial charge on any atom is -0.387 e. The van der Waals surface area contributed by atoms with Gasteiger partial charge in [0.15, 0.2) is 0 Å². The molecule has 0 saturated heterocycles. The molecule has 0 aromatic heterocycles. The molecule has 0 aliphatic rings. The number of halogens is 1. The van der Waals surface area contributed by atoms with Crippen LogP contribution in [0.3, 0.4) is 0 Å². The van der Waals surface area contributed by atoms with Gasteiger partial charge in [0.1, 0.15) is 5.82 Å². The number of aliphatic hydroxyl groups excluding tert-OH is 1. The number of unbranched alkanes of at least 4 members (excludes halogenated alkanes) is 2. The molecular formula is C17H28FNO. The van der Waals surface area contributed by atoms with E-state index in [9.17, 15) is 9.50 Å². The SMILES string of the molecule is CCCCCNC(C(C)C)C(O)c1ccc(F)c(C)c1. The number of aliphatic hydroxyl groups is 1. The van der Waals surface area contributed by atoms with E-state index in [1.54, 1.807) is 19.1 Å². The third kappa shape index (κ3) is 4.88. The van der Waals surface area contributed by atoms with Gasteiger partial charge in [-0.05, 0) is 43.0 Å². The van der Waals surface area contributed by atoms with E-state index in [2.05, 4.69) is 26.1 Å². The first kappa shape index (κ1) is 17.1. The smallest absolute Gasteiger partial charge is 0.126 e. The molecule has 2 nitrogen and oxygen atoms in total. The summed E-state index contributed by atoms with van der Waals surface area (Å²) in [5, 5.41) is 14.0. The third-order valence-electron chi connectivity index (χ3n) is 3.74. The highest BCUT2D eigenvalue weighted by Gasteiger charge is 2.23. The largest absolute Gasteiger partial charge is 0.387 e. The van der Waals surface area contributed by atoms with Crippen LogP contribution in [0.1, 0.15) is 57.3 Å². The third-order valence-corrected chi connectivity index (χ3v) is 3.74. The standard InChI is InChI=1S/C17H28FNO/c1-5-6-7-10-19-16(12(2)3)17(20)14-8-9-15(18)13(4)11-14/h8-9,11-12,16-17,19-20H,5-7,10H2,1-4H3. The first-order valence-corrected chi connectivity index (χ1v) is 7.64. The monoisotopic (exact) mass is 281 g/mol. The molecule has 0 spiro atoms. The molecule has 0 fully saturated rings. The summed E-state index contributed by atoms with van der Waals surface area (Å²) in [5.74, 6) is 0.0925. The molecule has 1 rings (SSSR count). The van der Waals surface area contributed by atoms with Gasteiger partial charge in [-0.2, -0.15) is 0 Å². The zero-order valence-corrected chi connectivity index (χ0v) is 13.1. The van der Waals surface area contributed by atoms with E-state index >= 15 is 0 Å². The lowest BCUT2D eigenvalue weighted by Crippen LogP contribution is -2.39. The van der Waals surface area contributed by atoms with Crippen molar-refractivity contribution in [2.45, 2.75) is 59.1 Å². The molecule has 114 valence electrons. The van der Waals surface area contributed by atoms with Gasteiger partial charge in [0.05, 0.1) is 6.10 Å². The lowest BCUT2D eigenvalue weighted by molar-refractivity contribution is 0.105. The molecule has 0 amide bonds. The molecular weight excluding hydrogens is 253 g/mol. The minimum absolute atomic E-state index is 0.00304. The predicted octanol–water partition coefficient (Wildman–Crippen LogP) is 3.97. The second kappa shape index (κ2) is 8.38. The average molecular weight is 281 g/mol. The van der Waals surface area contributed by atoms with Crippen molar-refractivity contribution in [1.29, 1.82) is 0 Å². The molecule has 2 unspecified atom stereocenters. The number of hydrogen-bond donors (Lipinski definition) is 2. The maximum atomic E-state index is 13.3. The summed E-state index contributed by atoms with van der Waals surface area (Å²) in [6.07, 6.45) is 2.91. The van der Waals surface area contributed by atoms with Gasteiger partial charge in [-0.25, -0.2) is 4.39 Å². The topological polar surface area (TPSA) is 32.3 Å². The fourth-order valence-corrected chi connectivity index (χ4v) is 2.41. The van der Waals surface area contributed by atoms with E-state index in [1.165, 1.54) is 18.9 Å². The van der Waals surface area contributed by atoms with Crippen LogP contribution in [-0.4, -0.2) is 17.7 Å². The summed E-state index contributed by atoms with van der Waals surface area (Å²) >= 11 is 0. The van der Waals surface area contributed by atoms with Crippen LogP contribution in [0.25, 0.3) is 0 Å². The van der Waals surface area contributed by atoms with Crippen molar-refractivity contribution >= 4 is 0 Å². The van der Waals surface area contributed by atoms with Crippen LogP contribution in [-0.2, 0) is 0 Å². The predicted molar refractivity (Wildman–Crippen MR) is 82.3 cm³/mol. The molecule has 0 heterocycles. The molecule has 20 heavy (non-hydrogen) atoms. The molecule has 0 aliphatic carbocycles. The first-order chi connectivity index (χ1) is 9.47. The van der Waals surface area contributed by atoms with Gasteiger partial charge >= 0.3 is 0 Å². The summed E-state index contributed by atoms with van der Waals surface area (Å²) < 4.78 is 13.3. The van der Waals surface area contributed by atoms with Crippen LogP contribution in [0, 0.1) is 18.7 Å². The molecule has 0 bridgehead atoms. The van der Waals surface area contributed by atoms with E-state index < -0.39 is 6.10 Å². The Balaban J connectivity index is 2.72. The summed E-state index contributed by atoms with van der Waals surface area (Å²) in [6.45, 7) is 9.00. The van der Waals surface area contributed by atoms with Crippen molar-refractivity contribution in [1.82, 2.24) is 5.32 Å². The fraction of sp³-hybridized carbons (Fsp3) is 0.647. The minimum atomic E-state index is -0.601. The van der Waals surface area contributed by atoms with Crippen molar-refractivity contribution < 1.29 is 9.50 Å². The van der Waals surface area contributed by atoms with Crippen molar-refractivity contribution in [3.63, 3.8) is 0 Å². The Bertz CT molecular complexity index is 406. The van der Waals surface area contributed by atoms with Crippen LogP contribution in [0.4, 0.5) is 4.39 Å². The molecule has 2 N–H and O–H groups in total. The van der Waals surface area contributed by atoms with Gasteiger partial charge in [0.2, 0.25) is 0 Å². The highest BCUT2D eigenvalue weighted by Crippen LogP contribution is 2.23. The summed E-state index contributed by atoms with van der Waals surface area (Å²) in [5.41, 5.74) is 1.36. The zero-order valence-electron chi connectivity index (χ0n) is 13.1. The Hall–Kier alpha value is -0.930. The molecule has 2 atom stereocenters. The number of hydrogen-bond acceptors (Lipinski definition) is 2. The van der Waals surface area contributed by atoms with Crippen molar-refractivity contribution in [3.8, 4) is 0 Å². The van der Waals surface area contributed by atoms with E-state index in [0.717, 1.165) is 18.5 Å². The van der Waals surface area contributed by atoms with Crippen LogP contribution in [0.5, 0.6) is 0 Å². The molecule has 1 aromatic rings. The Morgan fingerprint density at radius 1 is 1.25 bits per heavy atom.